The van der Waals surface area contributed by atoms with Crippen LogP contribution in [0.1, 0.15) is 42.4 Å². The molecule has 3 aromatic rings. The molecule has 12 nitrogen and oxygen atoms in total. The van der Waals surface area contributed by atoms with Crippen LogP contribution in [-0.4, -0.2) is 67.4 Å². The van der Waals surface area contributed by atoms with Gasteiger partial charge in [-0.1, -0.05) is 0 Å². The van der Waals surface area contributed by atoms with Gasteiger partial charge in [0, 0.05) is 42.6 Å². The Balaban J connectivity index is 1.51. The van der Waals surface area contributed by atoms with Crippen LogP contribution in [0.4, 0.5) is 30.8 Å². The number of carbonyl (C=O) groups excluding carboxylic acids is 2. The molecule has 0 saturated carbocycles. The zero-order valence-electron chi connectivity index (χ0n) is 23.2. The second kappa shape index (κ2) is 11.0. The lowest BCUT2D eigenvalue weighted by molar-refractivity contribution is 0.102. The number of halogens is 2. The third-order valence-corrected chi connectivity index (χ3v) is 9.24. The first-order valence-corrected chi connectivity index (χ1v) is 14.6. The van der Waals surface area contributed by atoms with Gasteiger partial charge in [-0.25, -0.2) is 22.0 Å². The molecule has 1 amide bonds. The van der Waals surface area contributed by atoms with E-state index in [-0.39, 0.29) is 41.5 Å². The Morgan fingerprint density at radius 3 is 2.40 bits per heavy atom. The predicted octanol–water partition coefficient (Wildman–Crippen LogP) is 3.28. The van der Waals surface area contributed by atoms with Crippen molar-refractivity contribution in [1.29, 1.82) is 0 Å². The SMILES string of the molecule is CCOC(=O)n1nc2c(c1NC(=O)c1ccc(N3CCOCC3)cc1N)CN(S(=O)(=O)c1cc(F)cc(F)c1)C2(C)C. The molecule has 42 heavy (non-hydrogen) atoms. The minimum atomic E-state index is -4.45. The van der Waals surface area contributed by atoms with Gasteiger partial charge in [-0.05, 0) is 51.1 Å². The Bertz CT molecular complexity index is 1650. The third-order valence-electron chi connectivity index (χ3n) is 7.24. The largest absolute Gasteiger partial charge is 0.448 e. The molecule has 224 valence electrons. The van der Waals surface area contributed by atoms with Crippen LogP contribution in [0.2, 0.25) is 0 Å². The van der Waals surface area contributed by atoms with Crippen LogP contribution in [0.5, 0.6) is 0 Å². The lowest BCUT2D eigenvalue weighted by Gasteiger charge is -2.30. The van der Waals surface area contributed by atoms with Crippen LogP contribution in [0, 0.1) is 11.6 Å². The monoisotopic (exact) mass is 604 g/mol. The van der Waals surface area contributed by atoms with Gasteiger partial charge in [-0.15, -0.1) is 4.68 Å². The summed E-state index contributed by atoms with van der Waals surface area (Å²) < 4.78 is 67.3. The van der Waals surface area contributed by atoms with Gasteiger partial charge in [0.1, 0.15) is 17.5 Å². The number of ether oxygens (including phenoxy) is 2. The summed E-state index contributed by atoms with van der Waals surface area (Å²) >= 11 is 0. The number of nitrogens with two attached hydrogens (primary N) is 1. The van der Waals surface area contributed by atoms with Crippen molar-refractivity contribution in [1.82, 2.24) is 14.1 Å². The highest BCUT2D eigenvalue weighted by Gasteiger charge is 2.49. The highest BCUT2D eigenvalue weighted by atomic mass is 32.2. The molecule has 0 aliphatic carbocycles. The van der Waals surface area contributed by atoms with Crippen molar-refractivity contribution in [3.05, 3.63) is 64.9 Å². The minimum Gasteiger partial charge on any atom is -0.448 e. The fourth-order valence-corrected chi connectivity index (χ4v) is 6.90. The van der Waals surface area contributed by atoms with Crippen LogP contribution in [0.3, 0.4) is 0 Å². The van der Waals surface area contributed by atoms with E-state index in [0.717, 1.165) is 26.8 Å². The molecule has 15 heteroatoms. The van der Waals surface area contributed by atoms with Crippen LogP contribution in [-0.2, 0) is 31.6 Å². The highest BCUT2D eigenvalue weighted by Crippen LogP contribution is 2.45. The van der Waals surface area contributed by atoms with E-state index in [1.165, 1.54) is 13.8 Å². The van der Waals surface area contributed by atoms with Gasteiger partial charge in [0.05, 0.1) is 41.5 Å². The second-order valence-corrected chi connectivity index (χ2v) is 12.1. The summed E-state index contributed by atoms with van der Waals surface area (Å²) in [6, 6.07) is 6.98. The molecular weight excluding hydrogens is 574 g/mol. The zero-order chi connectivity index (χ0) is 30.4. The number of anilines is 3. The maximum atomic E-state index is 13.9. The minimum absolute atomic E-state index is 0.0156. The number of rotatable bonds is 6. The molecule has 1 fully saturated rings. The van der Waals surface area contributed by atoms with Crippen LogP contribution < -0.4 is 16.0 Å². The molecule has 0 atom stereocenters. The molecule has 0 radical (unpaired) electrons. The quantitative estimate of drug-likeness (QED) is 0.404. The maximum Gasteiger partial charge on any atom is 0.436 e. The predicted molar refractivity (Wildman–Crippen MR) is 149 cm³/mol. The van der Waals surface area contributed by atoms with Gasteiger partial charge < -0.3 is 25.4 Å². The van der Waals surface area contributed by atoms with E-state index >= 15 is 0 Å². The van der Waals surface area contributed by atoms with E-state index in [1.807, 2.05) is 0 Å². The topological polar surface area (TPSA) is 149 Å². The second-order valence-electron chi connectivity index (χ2n) is 10.3. The van der Waals surface area contributed by atoms with Crippen molar-refractivity contribution in [2.24, 2.45) is 0 Å². The van der Waals surface area contributed by atoms with E-state index in [9.17, 15) is 26.8 Å². The molecule has 5 rings (SSSR count). The third kappa shape index (κ3) is 5.18. The summed E-state index contributed by atoms with van der Waals surface area (Å²) in [4.78, 5) is 27.8. The zero-order valence-corrected chi connectivity index (χ0v) is 24.0. The van der Waals surface area contributed by atoms with E-state index in [2.05, 4.69) is 15.3 Å². The Kier molecular flexibility index (Phi) is 7.68. The van der Waals surface area contributed by atoms with Gasteiger partial charge in [-0.3, -0.25) is 4.79 Å². The number of amides is 1. The standard InChI is InChI=1S/C27H30F2N6O6S/c1-4-41-26(37)35-24(31-25(36)20-6-5-18(14-22(20)30)33-7-9-40-10-8-33)21-15-34(27(2,3)23(21)32-35)42(38,39)19-12-16(28)11-17(29)13-19/h5-6,11-14H,4,7-10,15,30H2,1-3H3,(H,31,36). The first-order chi connectivity index (χ1) is 19.8. The van der Waals surface area contributed by atoms with E-state index < -0.39 is 44.1 Å². The van der Waals surface area contributed by atoms with E-state index in [0.29, 0.717) is 32.4 Å². The van der Waals surface area contributed by atoms with Crippen molar-refractivity contribution in [3.8, 4) is 0 Å². The van der Waals surface area contributed by atoms with Gasteiger partial charge >= 0.3 is 6.09 Å². The molecule has 0 bridgehead atoms. The van der Waals surface area contributed by atoms with Crippen molar-refractivity contribution >= 4 is 39.2 Å². The number of hydrogen-bond acceptors (Lipinski definition) is 9. The average Bonchev–Trinajstić information content (AvgIpc) is 3.43. The molecule has 0 spiro atoms. The number of fused-ring (bicyclic) bond motifs is 1. The van der Waals surface area contributed by atoms with Gasteiger partial charge in [-0.2, -0.15) is 9.40 Å². The molecule has 1 aromatic heterocycles. The summed E-state index contributed by atoms with van der Waals surface area (Å²) in [5, 5.41) is 6.98. The Morgan fingerprint density at radius 1 is 1.12 bits per heavy atom. The molecule has 1 saturated heterocycles. The Labute approximate surface area is 241 Å². The van der Waals surface area contributed by atoms with Crippen LogP contribution in [0.25, 0.3) is 0 Å². The summed E-state index contributed by atoms with van der Waals surface area (Å²) in [6.07, 6.45) is -0.893. The van der Waals surface area contributed by atoms with Gasteiger partial charge in [0.2, 0.25) is 10.0 Å². The lowest BCUT2D eigenvalue weighted by atomic mass is 10.0. The van der Waals surface area contributed by atoms with Crippen molar-refractivity contribution < 1.29 is 36.3 Å². The van der Waals surface area contributed by atoms with Crippen molar-refractivity contribution in [3.63, 3.8) is 0 Å². The number of nitrogens with zero attached hydrogens (tertiary/aromatic N) is 4. The molecule has 2 aliphatic rings. The number of carbonyl (C=O) groups is 2. The number of morpholine rings is 1. The van der Waals surface area contributed by atoms with Crippen molar-refractivity contribution in [2.45, 2.75) is 37.8 Å². The number of aromatic nitrogens is 2. The summed E-state index contributed by atoms with van der Waals surface area (Å²) in [5.74, 6) is -2.89. The smallest absolute Gasteiger partial charge is 0.436 e. The maximum absolute atomic E-state index is 13.9. The Hall–Kier alpha value is -4.08. The highest BCUT2D eigenvalue weighted by molar-refractivity contribution is 7.89. The van der Waals surface area contributed by atoms with E-state index in [1.54, 1.807) is 25.1 Å². The summed E-state index contributed by atoms with van der Waals surface area (Å²) in [7, 11) is -4.45. The molecular formula is C27H30F2N6O6S. The molecule has 2 aliphatic heterocycles. The van der Waals surface area contributed by atoms with Crippen molar-refractivity contribution in [2.75, 3.05) is 48.9 Å². The van der Waals surface area contributed by atoms with Gasteiger partial charge in [0.15, 0.2) is 0 Å². The van der Waals surface area contributed by atoms with E-state index in [4.69, 9.17) is 15.2 Å². The summed E-state index contributed by atoms with van der Waals surface area (Å²) in [6.45, 7) is 6.81. The Morgan fingerprint density at radius 2 is 1.79 bits per heavy atom. The number of nitrogens with one attached hydrogen (secondary N) is 1. The number of nitrogen functional groups attached to an aromatic ring is 1. The first kappa shape index (κ1) is 29.4. The fourth-order valence-electron chi connectivity index (χ4n) is 5.14. The fraction of sp³-hybridized carbons (Fsp3) is 0.370. The molecule has 3 heterocycles. The first-order valence-electron chi connectivity index (χ1n) is 13.2. The lowest BCUT2D eigenvalue weighted by Crippen LogP contribution is -2.41. The molecule has 3 N–H and O–H groups in total. The number of benzene rings is 2. The van der Waals surface area contributed by atoms with Crippen LogP contribution >= 0.6 is 0 Å². The average molecular weight is 605 g/mol. The normalized spacial score (nSPS) is 16.7. The van der Waals surface area contributed by atoms with Crippen LogP contribution in [0.15, 0.2) is 41.3 Å². The summed E-state index contributed by atoms with van der Waals surface area (Å²) in [5.41, 5.74) is 6.36. The molecule has 0 unspecified atom stereocenters. The van der Waals surface area contributed by atoms with Gasteiger partial charge in [0.25, 0.3) is 5.91 Å². The number of sulfonamides is 1. The number of hydrogen-bond donors (Lipinski definition) is 2. The molecule has 2 aromatic carbocycles.